The highest BCUT2D eigenvalue weighted by Gasteiger charge is 2.24. The van der Waals surface area contributed by atoms with E-state index < -0.39 is 12.1 Å². The fourth-order valence-corrected chi connectivity index (χ4v) is 3.40. The first-order valence-corrected chi connectivity index (χ1v) is 9.53. The van der Waals surface area contributed by atoms with Gasteiger partial charge in [0.1, 0.15) is 0 Å². The van der Waals surface area contributed by atoms with Crippen LogP contribution in [0.15, 0.2) is 85.1 Å². The first-order chi connectivity index (χ1) is 14.7. The van der Waals surface area contributed by atoms with E-state index in [2.05, 4.69) is 4.98 Å². The monoisotopic (exact) mass is 399 g/mol. The van der Waals surface area contributed by atoms with Crippen LogP contribution in [0.4, 0.5) is 0 Å². The third-order valence-corrected chi connectivity index (χ3v) is 4.90. The molecular formula is C25H21NO4. The number of nitrogens with zero attached hydrogens (tertiary/aromatic N) is 1. The molecule has 0 radical (unpaired) electrons. The molecule has 4 aromatic rings. The molecule has 1 heterocycles. The molecule has 0 aliphatic rings. The molecule has 0 spiro atoms. The van der Waals surface area contributed by atoms with Crippen molar-refractivity contribution in [2.24, 2.45) is 0 Å². The first kappa shape index (κ1) is 19.5. The van der Waals surface area contributed by atoms with Crippen molar-refractivity contribution >= 4 is 16.7 Å². The first-order valence-electron chi connectivity index (χ1n) is 9.53. The van der Waals surface area contributed by atoms with Crippen LogP contribution in [0.5, 0.6) is 11.5 Å². The molecule has 1 atom stereocenters. The Kier molecular flexibility index (Phi) is 5.61. The second kappa shape index (κ2) is 8.66. The van der Waals surface area contributed by atoms with Crippen LogP contribution in [0.2, 0.25) is 0 Å². The minimum atomic E-state index is -0.655. The lowest BCUT2D eigenvalue weighted by Gasteiger charge is -2.20. The molecule has 5 nitrogen and oxygen atoms in total. The number of aromatic nitrogens is 1. The number of fused-ring (bicyclic) bond motifs is 1. The number of esters is 1. The number of ether oxygens (including phenoxy) is 3. The van der Waals surface area contributed by atoms with E-state index in [1.165, 1.54) is 7.11 Å². The summed E-state index contributed by atoms with van der Waals surface area (Å²) in [6.07, 6.45) is 1.08. The van der Waals surface area contributed by atoms with E-state index in [-0.39, 0.29) is 0 Å². The van der Waals surface area contributed by atoms with E-state index in [9.17, 15) is 4.79 Å². The van der Waals surface area contributed by atoms with Crippen molar-refractivity contribution in [3.05, 3.63) is 102 Å². The molecule has 3 aromatic carbocycles. The van der Waals surface area contributed by atoms with Crippen LogP contribution in [0.1, 0.15) is 27.7 Å². The zero-order valence-corrected chi connectivity index (χ0v) is 16.7. The van der Waals surface area contributed by atoms with Crippen molar-refractivity contribution in [3.8, 4) is 11.5 Å². The Hall–Kier alpha value is -3.86. The zero-order chi connectivity index (χ0) is 20.9. The molecule has 0 aliphatic carbocycles. The summed E-state index contributed by atoms with van der Waals surface area (Å²) in [7, 11) is 3.08. The molecule has 1 aromatic heterocycles. The third-order valence-electron chi connectivity index (χ3n) is 4.90. The highest BCUT2D eigenvalue weighted by atomic mass is 16.5. The molecule has 0 amide bonds. The van der Waals surface area contributed by atoms with Crippen molar-refractivity contribution in [1.82, 2.24) is 4.98 Å². The van der Waals surface area contributed by atoms with Crippen LogP contribution < -0.4 is 9.47 Å². The van der Waals surface area contributed by atoms with E-state index in [1.54, 1.807) is 31.5 Å². The molecule has 30 heavy (non-hydrogen) atoms. The van der Waals surface area contributed by atoms with Gasteiger partial charge in [-0.2, -0.15) is 0 Å². The minimum absolute atomic E-state index is 0.369. The largest absolute Gasteiger partial charge is 0.493 e. The van der Waals surface area contributed by atoms with Crippen LogP contribution in [-0.4, -0.2) is 25.2 Å². The number of carbonyl (C=O) groups is 1. The molecule has 0 bridgehead atoms. The van der Waals surface area contributed by atoms with Crippen LogP contribution in [0.25, 0.3) is 10.8 Å². The van der Waals surface area contributed by atoms with Gasteiger partial charge in [-0.15, -0.1) is 0 Å². The maximum Gasteiger partial charge on any atom is 0.339 e. The summed E-state index contributed by atoms with van der Waals surface area (Å²) < 4.78 is 16.6. The Bertz CT molecular complexity index is 1170. The molecule has 0 unspecified atom stereocenters. The predicted molar refractivity (Wildman–Crippen MR) is 115 cm³/mol. The summed E-state index contributed by atoms with van der Waals surface area (Å²) in [4.78, 5) is 17.6. The molecule has 150 valence electrons. The van der Waals surface area contributed by atoms with Gasteiger partial charge in [-0.05, 0) is 35.2 Å². The third kappa shape index (κ3) is 3.82. The van der Waals surface area contributed by atoms with Crippen LogP contribution in [0, 0.1) is 0 Å². The number of hydrogen-bond donors (Lipinski definition) is 0. The van der Waals surface area contributed by atoms with Gasteiger partial charge in [0, 0.05) is 11.6 Å². The topological polar surface area (TPSA) is 57.7 Å². The fraction of sp³-hybridized carbons (Fsp3) is 0.120. The maximum atomic E-state index is 13.1. The molecule has 0 saturated heterocycles. The summed E-state index contributed by atoms with van der Waals surface area (Å²) in [5.41, 5.74) is 1.90. The number of hydrogen-bond acceptors (Lipinski definition) is 5. The lowest BCUT2D eigenvalue weighted by Crippen LogP contribution is -2.15. The van der Waals surface area contributed by atoms with E-state index in [0.717, 1.165) is 16.3 Å². The Morgan fingerprint density at radius 1 is 0.833 bits per heavy atom. The average molecular weight is 399 g/mol. The summed E-state index contributed by atoms with van der Waals surface area (Å²) in [6, 6.07) is 24.4. The van der Waals surface area contributed by atoms with Gasteiger partial charge in [0.25, 0.3) is 0 Å². The maximum absolute atomic E-state index is 13.1. The van der Waals surface area contributed by atoms with Gasteiger partial charge in [0.2, 0.25) is 0 Å². The van der Waals surface area contributed by atoms with E-state index in [4.69, 9.17) is 14.2 Å². The van der Waals surface area contributed by atoms with E-state index in [0.29, 0.717) is 22.8 Å². The van der Waals surface area contributed by atoms with Crippen LogP contribution in [0.3, 0.4) is 0 Å². The SMILES string of the molecule is COc1ccc(C(=O)O[C@@H](c2ccccc2)c2nccc3ccccc23)cc1OC. The van der Waals surface area contributed by atoms with Crippen molar-refractivity contribution in [3.63, 3.8) is 0 Å². The standard InChI is InChI=1S/C25H21NO4/c1-28-21-13-12-19(16-22(21)29-2)25(27)30-24(18-9-4-3-5-10-18)23-20-11-7-6-8-17(20)14-15-26-23/h3-16,24H,1-2H3/t24-/m0/s1. The van der Waals surface area contributed by atoms with Gasteiger partial charge >= 0.3 is 5.97 Å². The molecule has 4 rings (SSSR count). The second-order valence-corrected chi connectivity index (χ2v) is 6.68. The Morgan fingerprint density at radius 2 is 1.57 bits per heavy atom. The Morgan fingerprint density at radius 3 is 2.33 bits per heavy atom. The van der Waals surface area contributed by atoms with Gasteiger partial charge < -0.3 is 14.2 Å². The summed E-state index contributed by atoms with van der Waals surface area (Å²) >= 11 is 0. The molecule has 0 N–H and O–H groups in total. The van der Waals surface area contributed by atoms with E-state index in [1.807, 2.05) is 60.7 Å². The molecule has 5 heteroatoms. The Balaban J connectivity index is 1.75. The molecule has 0 saturated carbocycles. The highest BCUT2D eigenvalue weighted by molar-refractivity contribution is 5.91. The van der Waals surface area contributed by atoms with Crippen molar-refractivity contribution in [1.29, 1.82) is 0 Å². The van der Waals surface area contributed by atoms with Gasteiger partial charge in [0.15, 0.2) is 17.6 Å². The summed E-state index contributed by atoms with van der Waals surface area (Å²) in [5.74, 6) is 0.537. The summed E-state index contributed by atoms with van der Waals surface area (Å²) in [5, 5.41) is 1.97. The van der Waals surface area contributed by atoms with E-state index >= 15 is 0 Å². The van der Waals surface area contributed by atoms with Crippen molar-refractivity contribution in [2.75, 3.05) is 14.2 Å². The van der Waals surface area contributed by atoms with Crippen LogP contribution in [-0.2, 0) is 4.74 Å². The number of rotatable bonds is 6. The number of pyridine rings is 1. The highest BCUT2D eigenvalue weighted by Crippen LogP contribution is 2.32. The van der Waals surface area contributed by atoms with Crippen LogP contribution >= 0.6 is 0 Å². The van der Waals surface area contributed by atoms with Gasteiger partial charge in [-0.3, -0.25) is 4.98 Å². The molecular weight excluding hydrogens is 378 g/mol. The fourth-order valence-electron chi connectivity index (χ4n) is 3.40. The minimum Gasteiger partial charge on any atom is -0.493 e. The van der Waals surface area contributed by atoms with Crippen molar-refractivity contribution < 1.29 is 19.0 Å². The second-order valence-electron chi connectivity index (χ2n) is 6.68. The zero-order valence-electron chi connectivity index (χ0n) is 16.7. The lowest BCUT2D eigenvalue weighted by atomic mass is 10.0. The number of benzene rings is 3. The Labute approximate surface area is 174 Å². The molecule has 0 aliphatic heterocycles. The summed E-state index contributed by atoms with van der Waals surface area (Å²) in [6.45, 7) is 0. The van der Waals surface area contributed by atoms with Gasteiger partial charge in [-0.1, -0.05) is 54.6 Å². The lowest BCUT2D eigenvalue weighted by molar-refractivity contribution is 0.0373. The predicted octanol–water partition coefficient (Wildman–Crippen LogP) is 5.20. The van der Waals surface area contributed by atoms with Crippen molar-refractivity contribution in [2.45, 2.75) is 6.10 Å². The smallest absolute Gasteiger partial charge is 0.339 e. The normalized spacial score (nSPS) is 11.7. The van der Waals surface area contributed by atoms with Gasteiger partial charge in [0.05, 0.1) is 25.5 Å². The number of methoxy groups -OCH3 is 2. The quantitative estimate of drug-likeness (QED) is 0.417. The van der Waals surface area contributed by atoms with Gasteiger partial charge in [-0.25, -0.2) is 4.79 Å². The average Bonchev–Trinajstić information content (AvgIpc) is 2.82. The molecule has 0 fully saturated rings. The number of carbonyl (C=O) groups excluding carboxylic acids is 1.